The molecular formula is C14H20ClNO. The molecule has 0 aliphatic heterocycles. The van der Waals surface area contributed by atoms with Crippen LogP contribution in [0.1, 0.15) is 31.7 Å². The van der Waals surface area contributed by atoms with E-state index in [1.807, 2.05) is 18.2 Å². The van der Waals surface area contributed by atoms with Crippen molar-refractivity contribution in [2.24, 2.45) is 0 Å². The number of carbonyl (C=O) groups excluding carboxylic acids is 1. The van der Waals surface area contributed by atoms with Crippen LogP contribution >= 0.6 is 11.6 Å². The zero-order valence-corrected chi connectivity index (χ0v) is 11.0. The first-order chi connectivity index (χ1) is 8.26. The van der Waals surface area contributed by atoms with Gasteiger partial charge in [-0.3, -0.25) is 4.79 Å². The smallest absolute Gasteiger partial charge is 0.220 e. The largest absolute Gasteiger partial charge is 0.352 e. The van der Waals surface area contributed by atoms with E-state index in [9.17, 15) is 4.79 Å². The molecule has 0 aromatic heterocycles. The van der Waals surface area contributed by atoms with Gasteiger partial charge in [0.15, 0.2) is 0 Å². The maximum absolute atomic E-state index is 11.6. The van der Waals surface area contributed by atoms with Crippen molar-refractivity contribution in [2.45, 2.75) is 38.6 Å². The van der Waals surface area contributed by atoms with Crippen LogP contribution in [0.4, 0.5) is 0 Å². The van der Waals surface area contributed by atoms with Crippen LogP contribution in [0.2, 0.25) is 0 Å². The van der Waals surface area contributed by atoms with Crippen LogP contribution in [0, 0.1) is 0 Å². The predicted octanol–water partition coefficient (Wildman–Crippen LogP) is 3.14. The second kappa shape index (κ2) is 8.13. The first kappa shape index (κ1) is 14.0. The number of rotatable bonds is 7. The molecule has 1 N–H and O–H groups in total. The van der Waals surface area contributed by atoms with Gasteiger partial charge in [0.25, 0.3) is 0 Å². The van der Waals surface area contributed by atoms with Crippen molar-refractivity contribution in [3.8, 4) is 0 Å². The fourth-order valence-electron chi connectivity index (χ4n) is 1.68. The quantitative estimate of drug-likeness (QED) is 0.744. The van der Waals surface area contributed by atoms with Gasteiger partial charge in [-0.15, -0.1) is 11.6 Å². The molecule has 1 unspecified atom stereocenters. The Kier molecular flexibility index (Phi) is 6.71. The Hall–Kier alpha value is -1.02. The Morgan fingerprint density at radius 1 is 1.35 bits per heavy atom. The van der Waals surface area contributed by atoms with Crippen LogP contribution in [-0.4, -0.2) is 17.8 Å². The third-order valence-electron chi connectivity index (χ3n) is 2.63. The minimum Gasteiger partial charge on any atom is -0.352 e. The maximum Gasteiger partial charge on any atom is 0.220 e. The molecule has 1 aromatic rings. The van der Waals surface area contributed by atoms with E-state index in [2.05, 4.69) is 24.4 Å². The molecule has 1 amide bonds. The van der Waals surface area contributed by atoms with E-state index in [4.69, 9.17) is 11.6 Å². The van der Waals surface area contributed by atoms with Gasteiger partial charge < -0.3 is 5.32 Å². The van der Waals surface area contributed by atoms with Gasteiger partial charge in [0, 0.05) is 18.3 Å². The second-order valence-electron chi connectivity index (χ2n) is 4.21. The monoisotopic (exact) mass is 253 g/mol. The lowest BCUT2D eigenvalue weighted by molar-refractivity contribution is -0.121. The molecule has 0 fully saturated rings. The molecule has 94 valence electrons. The van der Waals surface area contributed by atoms with Crippen molar-refractivity contribution in [2.75, 3.05) is 5.88 Å². The summed E-state index contributed by atoms with van der Waals surface area (Å²) in [4.78, 5) is 11.6. The molecule has 0 heterocycles. The summed E-state index contributed by atoms with van der Waals surface area (Å²) in [5, 5.41) is 2.98. The van der Waals surface area contributed by atoms with Gasteiger partial charge in [-0.2, -0.15) is 0 Å². The molecule has 0 spiro atoms. The highest BCUT2D eigenvalue weighted by atomic mass is 35.5. The number of benzene rings is 1. The molecule has 0 saturated carbocycles. The summed E-state index contributed by atoms with van der Waals surface area (Å²) in [6.45, 7) is 2.08. The van der Waals surface area contributed by atoms with Crippen molar-refractivity contribution in [3.63, 3.8) is 0 Å². The molecule has 1 aromatic carbocycles. The first-order valence-electron chi connectivity index (χ1n) is 6.15. The van der Waals surface area contributed by atoms with Gasteiger partial charge in [-0.25, -0.2) is 0 Å². The lowest BCUT2D eigenvalue weighted by atomic mass is 10.1. The second-order valence-corrected chi connectivity index (χ2v) is 4.52. The van der Waals surface area contributed by atoms with Gasteiger partial charge in [-0.1, -0.05) is 43.7 Å². The lowest BCUT2D eigenvalue weighted by Crippen LogP contribution is -2.37. The molecule has 3 heteroatoms. The standard InChI is InChI=1S/C14H20ClNO/c1-2-3-9-14(17)16-13(11-15)10-12-7-5-4-6-8-12/h4-8,13H,2-3,9-11H2,1H3,(H,16,17). The molecule has 1 rings (SSSR count). The predicted molar refractivity (Wildman–Crippen MR) is 72.3 cm³/mol. The van der Waals surface area contributed by atoms with E-state index < -0.39 is 0 Å². The average molecular weight is 254 g/mol. The van der Waals surface area contributed by atoms with E-state index in [-0.39, 0.29) is 11.9 Å². The Labute approximate surface area is 108 Å². The van der Waals surface area contributed by atoms with Crippen LogP contribution < -0.4 is 5.32 Å². The SMILES string of the molecule is CCCCC(=O)NC(CCl)Cc1ccccc1. The van der Waals surface area contributed by atoms with E-state index >= 15 is 0 Å². The number of carbonyl (C=O) groups is 1. The average Bonchev–Trinajstić information content (AvgIpc) is 2.36. The van der Waals surface area contributed by atoms with Crippen molar-refractivity contribution >= 4 is 17.5 Å². The fraction of sp³-hybridized carbons (Fsp3) is 0.500. The van der Waals surface area contributed by atoms with Crippen LogP contribution in [0.5, 0.6) is 0 Å². The van der Waals surface area contributed by atoms with Crippen molar-refractivity contribution in [3.05, 3.63) is 35.9 Å². The van der Waals surface area contributed by atoms with E-state index in [0.717, 1.165) is 19.3 Å². The molecule has 2 nitrogen and oxygen atoms in total. The number of nitrogens with one attached hydrogen (secondary N) is 1. The minimum atomic E-state index is 0.0309. The first-order valence-corrected chi connectivity index (χ1v) is 6.69. The number of hydrogen-bond acceptors (Lipinski definition) is 1. The highest BCUT2D eigenvalue weighted by molar-refractivity contribution is 6.18. The number of alkyl halides is 1. The van der Waals surface area contributed by atoms with Crippen molar-refractivity contribution < 1.29 is 4.79 Å². The molecule has 0 saturated heterocycles. The van der Waals surface area contributed by atoms with E-state index in [1.54, 1.807) is 0 Å². The number of unbranched alkanes of at least 4 members (excludes halogenated alkanes) is 1. The van der Waals surface area contributed by atoms with Crippen LogP contribution in [0.15, 0.2) is 30.3 Å². The van der Waals surface area contributed by atoms with Gasteiger partial charge in [0.2, 0.25) is 5.91 Å². The topological polar surface area (TPSA) is 29.1 Å². The van der Waals surface area contributed by atoms with Gasteiger partial charge in [-0.05, 0) is 18.4 Å². The molecular weight excluding hydrogens is 234 g/mol. The zero-order chi connectivity index (χ0) is 12.5. The third kappa shape index (κ3) is 5.73. The molecule has 0 aliphatic rings. The summed E-state index contributed by atoms with van der Waals surface area (Å²) >= 11 is 5.88. The lowest BCUT2D eigenvalue weighted by Gasteiger charge is -2.16. The number of hydrogen-bond donors (Lipinski definition) is 1. The Bertz CT molecular complexity index is 326. The van der Waals surface area contributed by atoms with Gasteiger partial charge in [0.05, 0.1) is 0 Å². The Morgan fingerprint density at radius 3 is 2.65 bits per heavy atom. The van der Waals surface area contributed by atoms with Gasteiger partial charge >= 0.3 is 0 Å². The van der Waals surface area contributed by atoms with E-state index in [0.29, 0.717) is 12.3 Å². The zero-order valence-electron chi connectivity index (χ0n) is 10.3. The normalized spacial score (nSPS) is 12.1. The minimum absolute atomic E-state index is 0.0309. The van der Waals surface area contributed by atoms with Crippen LogP contribution in [0.25, 0.3) is 0 Å². The summed E-state index contributed by atoms with van der Waals surface area (Å²) in [5.41, 5.74) is 1.20. The summed E-state index contributed by atoms with van der Waals surface area (Å²) < 4.78 is 0. The summed E-state index contributed by atoms with van der Waals surface area (Å²) in [7, 11) is 0. The van der Waals surface area contributed by atoms with Crippen LogP contribution in [0.3, 0.4) is 0 Å². The third-order valence-corrected chi connectivity index (χ3v) is 3.01. The van der Waals surface area contributed by atoms with Crippen LogP contribution in [-0.2, 0) is 11.2 Å². The maximum atomic E-state index is 11.6. The molecule has 0 aliphatic carbocycles. The summed E-state index contributed by atoms with van der Waals surface area (Å²) in [5.74, 6) is 0.556. The fourth-order valence-corrected chi connectivity index (χ4v) is 1.87. The highest BCUT2D eigenvalue weighted by Crippen LogP contribution is 2.05. The molecule has 17 heavy (non-hydrogen) atoms. The Balaban J connectivity index is 2.41. The van der Waals surface area contributed by atoms with Crippen molar-refractivity contribution in [1.29, 1.82) is 0 Å². The van der Waals surface area contributed by atoms with E-state index in [1.165, 1.54) is 5.56 Å². The number of halogens is 1. The number of amides is 1. The molecule has 1 atom stereocenters. The van der Waals surface area contributed by atoms with Gasteiger partial charge in [0.1, 0.15) is 0 Å². The van der Waals surface area contributed by atoms with Crippen molar-refractivity contribution in [1.82, 2.24) is 5.32 Å². The summed E-state index contributed by atoms with van der Waals surface area (Å²) in [6, 6.07) is 10.1. The molecule has 0 radical (unpaired) electrons. The summed E-state index contributed by atoms with van der Waals surface area (Å²) in [6.07, 6.45) is 3.37. The highest BCUT2D eigenvalue weighted by Gasteiger charge is 2.11. The Morgan fingerprint density at radius 2 is 2.06 bits per heavy atom. The molecule has 0 bridgehead atoms.